The quantitative estimate of drug-likeness (QED) is 0.606. The number of nitrogens with one attached hydrogen (secondary N) is 1. The second-order valence-corrected chi connectivity index (χ2v) is 5.91. The van der Waals surface area contributed by atoms with Crippen molar-refractivity contribution in [3.63, 3.8) is 0 Å². The maximum absolute atomic E-state index is 5.66. The lowest BCUT2D eigenvalue weighted by molar-refractivity contribution is 0.313. The predicted octanol–water partition coefficient (Wildman–Crippen LogP) is 3.24. The third-order valence-electron chi connectivity index (χ3n) is 2.66. The maximum atomic E-state index is 5.66. The third kappa shape index (κ3) is 3.95. The van der Waals surface area contributed by atoms with Crippen LogP contribution in [-0.2, 0) is 0 Å². The van der Waals surface area contributed by atoms with Crippen molar-refractivity contribution in [3.05, 3.63) is 34.9 Å². The largest absolute Gasteiger partial charge is 0.271 e. The Morgan fingerprint density at radius 1 is 1.12 bits per heavy atom. The molecule has 0 spiro atoms. The standard InChI is InChI=1S/C14H24N2/c1-10-6-11(2)8-12(7-10)13(16-15)9-14(3,4)5/h6-8,13,16H,9,15H2,1-5H3. The van der Waals surface area contributed by atoms with Crippen LogP contribution in [0.25, 0.3) is 0 Å². The van der Waals surface area contributed by atoms with Gasteiger partial charge >= 0.3 is 0 Å². The van der Waals surface area contributed by atoms with E-state index in [4.69, 9.17) is 5.84 Å². The number of benzene rings is 1. The highest BCUT2D eigenvalue weighted by molar-refractivity contribution is 5.30. The molecule has 2 nitrogen and oxygen atoms in total. The van der Waals surface area contributed by atoms with Crippen LogP contribution in [0.2, 0.25) is 0 Å². The van der Waals surface area contributed by atoms with Gasteiger partial charge in [-0.05, 0) is 31.2 Å². The van der Waals surface area contributed by atoms with Gasteiger partial charge in [0.2, 0.25) is 0 Å². The number of nitrogens with two attached hydrogens (primary N) is 1. The average Bonchev–Trinajstić information content (AvgIpc) is 2.11. The van der Waals surface area contributed by atoms with E-state index in [1.807, 2.05) is 0 Å². The minimum absolute atomic E-state index is 0.235. The number of aryl methyl sites for hydroxylation is 2. The van der Waals surface area contributed by atoms with Gasteiger partial charge < -0.3 is 0 Å². The molecule has 1 rings (SSSR count). The van der Waals surface area contributed by atoms with Gasteiger partial charge in [0.25, 0.3) is 0 Å². The molecule has 0 aliphatic heterocycles. The van der Waals surface area contributed by atoms with Gasteiger partial charge in [-0.1, -0.05) is 50.1 Å². The summed E-state index contributed by atoms with van der Waals surface area (Å²) in [4.78, 5) is 0. The molecule has 2 heteroatoms. The van der Waals surface area contributed by atoms with Crippen LogP contribution in [0.4, 0.5) is 0 Å². The van der Waals surface area contributed by atoms with Gasteiger partial charge in [0.05, 0.1) is 0 Å². The van der Waals surface area contributed by atoms with Crippen molar-refractivity contribution in [2.24, 2.45) is 11.3 Å². The van der Waals surface area contributed by atoms with E-state index in [1.165, 1.54) is 16.7 Å². The van der Waals surface area contributed by atoms with Crippen LogP contribution >= 0.6 is 0 Å². The topological polar surface area (TPSA) is 38.0 Å². The first-order chi connectivity index (χ1) is 7.31. The van der Waals surface area contributed by atoms with Gasteiger partial charge in [0, 0.05) is 6.04 Å². The minimum Gasteiger partial charge on any atom is -0.271 e. The Morgan fingerprint density at radius 3 is 2.00 bits per heavy atom. The maximum Gasteiger partial charge on any atom is 0.0465 e. The second-order valence-electron chi connectivity index (χ2n) is 5.91. The van der Waals surface area contributed by atoms with Crippen molar-refractivity contribution >= 4 is 0 Å². The van der Waals surface area contributed by atoms with E-state index in [1.54, 1.807) is 0 Å². The molecule has 0 fully saturated rings. The third-order valence-corrected chi connectivity index (χ3v) is 2.66. The number of hydrogen-bond acceptors (Lipinski definition) is 2. The molecular weight excluding hydrogens is 196 g/mol. The Kier molecular flexibility index (Phi) is 4.11. The van der Waals surface area contributed by atoms with Gasteiger partial charge in [-0.3, -0.25) is 11.3 Å². The number of hydrazine groups is 1. The van der Waals surface area contributed by atoms with Crippen LogP contribution in [0.1, 0.15) is 49.9 Å². The fraction of sp³-hybridized carbons (Fsp3) is 0.571. The number of hydrogen-bond donors (Lipinski definition) is 2. The molecule has 0 aromatic heterocycles. The van der Waals surface area contributed by atoms with Crippen molar-refractivity contribution < 1.29 is 0 Å². The Hall–Kier alpha value is -0.860. The first-order valence-corrected chi connectivity index (χ1v) is 5.86. The molecule has 1 atom stereocenters. The normalized spacial score (nSPS) is 13.9. The van der Waals surface area contributed by atoms with Crippen LogP contribution in [0.3, 0.4) is 0 Å². The van der Waals surface area contributed by atoms with E-state index < -0.39 is 0 Å². The molecule has 3 N–H and O–H groups in total. The van der Waals surface area contributed by atoms with Crippen LogP contribution in [0, 0.1) is 19.3 Å². The lowest BCUT2D eigenvalue weighted by Crippen LogP contribution is -2.31. The molecule has 0 saturated heterocycles. The SMILES string of the molecule is Cc1cc(C)cc(C(CC(C)(C)C)NN)c1. The molecule has 0 amide bonds. The van der Waals surface area contributed by atoms with Crippen LogP contribution < -0.4 is 11.3 Å². The van der Waals surface area contributed by atoms with E-state index in [2.05, 4.69) is 58.2 Å². The van der Waals surface area contributed by atoms with Crippen molar-refractivity contribution in [2.75, 3.05) is 0 Å². The molecule has 16 heavy (non-hydrogen) atoms. The monoisotopic (exact) mass is 220 g/mol. The van der Waals surface area contributed by atoms with Gasteiger partial charge in [0.1, 0.15) is 0 Å². The first-order valence-electron chi connectivity index (χ1n) is 5.86. The van der Waals surface area contributed by atoms with E-state index in [9.17, 15) is 0 Å². The molecular formula is C14H24N2. The molecule has 90 valence electrons. The van der Waals surface area contributed by atoms with Crippen LogP contribution in [0.5, 0.6) is 0 Å². The fourth-order valence-corrected chi connectivity index (χ4v) is 2.10. The molecule has 0 aliphatic rings. The Labute approximate surface area is 99.2 Å². The second kappa shape index (κ2) is 4.98. The van der Waals surface area contributed by atoms with Gasteiger partial charge in [0.15, 0.2) is 0 Å². The average molecular weight is 220 g/mol. The zero-order valence-electron chi connectivity index (χ0n) is 11.1. The highest BCUT2D eigenvalue weighted by atomic mass is 15.2. The molecule has 0 saturated carbocycles. The molecule has 1 unspecified atom stereocenters. The van der Waals surface area contributed by atoms with E-state index >= 15 is 0 Å². The highest BCUT2D eigenvalue weighted by Crippen LogP contribution is 2.29. The summed E-state index contributed by atoms with van der Waals surface area (Å²) in [6, 6.07) is 6.85. The summed E-state index contributed by atoms with van der Waals surface area (Å²) < 4.78 is 0. The Bertz CT molecular complexity index is 330. The summed E-state index contributed by atoms with van der Waals surface area (Å²) >= 11 is 0. The fourth-order valence-electron chi connectivity index (χ4n) is 2.10. The van der Waals surface area contributed by atoms with Gasteiger partial charge in [-0.2, -0.15) is 0 Å². The van der Waals surface area contributed by atoms with Crippen molar-refractivity contribution in [3.8, 4) is 0 Å². The summed E-state index contributed by atoms with van der Waals surface area (Å²) in [5, 5.41) is 0. The Morgan fingerprint density at radius 2 is 1.62 bits per heavy atom. The van der Waals surface area contributed by atoms with Crippen LogP contribution in [-0.4, -0.2) is 0 Å². The molecule has 0 heterocycles. The lowest BCUT2D eigenvalue weighted by atomic mass is 9.85. The number of rotatable bonds is 3. The van der Waals surface area contributed by atoms with E-state index in [0.29, 0.717) is 0 Å². The molecule has 1 aromatic rings. The van der Waals surface area contributed by atoms with Crippen molar-refractivity contribution in [1.29, 1.82) is 0 Å². The summed E-state index contributed by atoms with van der Waals surface area (Å²) in [6.45, 7) is 11.0. The highest BCUT2D eigenvalue weighted by Gasteiger charge is 2.19. The first kappa shape index (κ1) is 13.2. The summed E-state index contributed by atoms with van der Waals surface area (Å²) in [5.74, 6) is 5.66. The smallest absolute Gasteiger partial charge is 0.0465 e. The van der Waals surface area contributed by atoms with Gasteiger partial charge in [-0.25, -0.2) is 0 Å². The van der Waals surface area contributed by atoms with Crippen molar-refractivity contribution in [2.45, 2.75) is 47.1 Å². The summed E-state index contributed by atoms with van der Waals surface area (Å²) in [7, 11) is 0. The molecule has 0 bridgehead atoms. The zero-order chi connectivity index (χ0) is 12.3. The van der Waals surface area contributed by atoms with E-state index in [0.717, 1.165) is 6.42 Å². The van der Waals surface area contributed by atoms with Gasteiger partial charge in [-0.15, -0.1) is 0 Å². The summed E-state index contributed by atoms with van der Waals surface area (Å²) in [6.07, 6.45) is 1.03. The molecule has 0 aliphatic carbocycles. The minimum atomic E-state index is 0.235. The molecule has 1 aromatic carbocycles. The van der Waals surface area contributed by atoms with E-state index in [-0.39, 0.29) is 11.5 Å². The predicted molar refractivity (Wildman–Crippen MR) is 70.1 cm³/mol. The van der Waals surface area contributed by atoms with Crippen LogP contribution in [0.15, 0.2) is 18.2 Å². The lowest BCUT2D eigenvalue weighted by Gasteiger charge is -2.26. The molecule has 0 radical (unpaired) electrons. The zero-order valence-corrected chi connectivity index (χ0v) is 11.1. The summed E-state index contributed by atoms with van der Waals surface area (Å²) in [5.41, 5.74) is 7.08. The Balaban J connectivity index is 2.95. The van der Waals surface area contributed by atoms with Crippen molar-refractivity contribution in [1.82, 2.24) is 5.43 Å².